The van der Waals surface area contributed by atoms with Crippen molar-refractivity contribution < 1.29 is 43.2 Å². The number of esters is 1. The van der Waals surface area contributed by atoms with Crippen LogP contribution in [0.15, 0.2) is 23.6 Å². The average Bonchev–Trinajstić information content (AvgIpc) is 3.91. The molecule has 1 N–H and O–H groups in total. The second-order valence-electron chi connectivity index (χ2n) is 20.2. The van der Waals surface area contributed by atoms with Crippen LogP contribution >= 0.6 is 22.9 Å². The Hall–Kier alpha value is -3.85. The van der Waals surface area contributed by atoms with E-state index in [0.29, 0.717) is 89.2 Å². The molecule has 15 heteroatoms. The van der Waals surface area contributed by atoms with Gasteiger partial charge in [0.2, 0.25) is 5.91 Å². The van der Waals surface area contributed by atoms with Gasteiger partial charge in [-0.15, -0.1) is 11.3 Å². The van der Waals surface area contributed by atoms with Crippen molar-refractivity contribution in [2.45, 2.75) is 118 Å². The lowest BCUT2D eigenvalue weighted by Gasteiger charge is -2.35. The van der Waals surface area contributed by atoms with Crippen LogP contribution in [-0.2, 0) is 35.1 Å². The second-order valence-corrected chi connectivity index (χ2v) is 21.5. The third-order valence-corrected chi connectivity index (χ3v) is 15.3. The molecular weight excluding hydrogens is 844 g/mol. The summed E-state index contributed by atoms with van der Waals surface area (Å²) in [5, 5.41) is 14.2. The van der Waals surface area contributed by atoms with Crippen LogP contribution in [0.4, 0.5) is 0 Å². The van der Waals surface area contributed by atoms with Gasteiger partial charge in [-0.3, -0.25) is 24.1 Å². The van der Waals surface area contributed by atoms with Gasteiger partial charge in [-0.25, -0.2) is 9.97 Å². The first kappa shape index (κ1) is 45.7. The van der Waals surface area contributed by atoms with Crippen LogP contribution < -0.4 is 9.47 Å². The van der Waals surface area contributed by atoms with E-state index in [4.69, 9.17) is 40.5 Å². The molecule has 8 rings (SSSR count). The Kier molecular flexibility index (Phi) is 13.5. The molecule has 1 aromatic carbocycles. The highest BCUT2D eigenvalue weighted by Gasteiger charge is 2.61. The zero-order valence-electron chi connectivity index (χ0n) is 37.5. The van der Waals surface area contributed by atoms with E-state index in [-0.39, 0.29) is 49.5 Å². The van der Waals surface area contributed by atoms with E-state index in [1.54, 1.807) is 16.2 Å². The number of carboxylic acid groups (broad SMARTS) is 1. The van der Waals surface area contributed by atoms with E-state index in [1.807, 2.05) is 51.3 Å². The molecule has 8 atom stereocenters. The number of benzene rings is 1. The van der Waals surface area contributed by atoms with Gasteiger partial charge < -0.3 is 29.0 Å². The third-order valence-electron chi connectivity index (χ3n) is 14.1. The number of aromatic nitrogens is 2. The monoisotopic (exact) mass is 906 g/mol. The van der Waals surface area contributed by atoms with Gasteiger partial charge in [-0.2, -0.15) is 0 Å². The fourth-order valence-corrected chi connectivity index (χ4v) is 11.4. The molecule has 1 amide bonds. The van der Waals surface area contributed by atoms with Crippen molar-refractivity contribution in [3.63, 3.8) is 0 Å². The molecule has 0 bridgehead atoms. The molecule has 2 aliphatic heterocycles. The average molecular weight is 908 g/mol. The molecule has 13 nitrogen and oxygen atoms in total. The summed E-state index contributed by atoms with van der Waals surface area (Å²) in [6.07, 6.45) is 3.91. The Morgan fingerprint density at radius 1 is 1.02 bits per heavy atom. The van der Waals surface area contributed by atoms with Crippen molar-refractivity contribution in [1.29, 1.82) is 0 Å². The van der Waals surface area contributed by atoms with E-state index in [0.717, 1.165) is 43.9 Å². The molecule has 0 radical (unpaired) electrons. The van der Waals surface area contributed by atoms with E-state index < -0.39 is 40.8 Å². The normalized spacial score (nSPS) is 27.3. The number of ketones is 1. The summed E-state index contributed by atoms with van der Waals surface area (Å²) in [6, 6.07) is 4.57. The number of hydrogen-bond acceptors (Lipinski definition) is 12. The largest absolute Gasteiger partial charge is 0.491 e. The first-order valence-corrected chi connectivity index (χ1v) is 24.2. The Balaban J connectivity index is 1.09. The smallest absolute Gasteiger partial charge is 0.310 e. The van der Waals surface area contributed by atoms with E-state index in [2.05, 4.69) is 18.7 Å². The summed E-state index contributed by atoms with van der Waals surface area (Å²) < 4.78 is 24.5. The Morgan fingerprint density at radius 2 is 1.76 bits per heavy atom. The second kappa shape index (κ2) is 18.6. The van der Waals surface area contributed by atoms with Crippen LogP contribution in [0.3, 0.4) is 0 Å². The van der Waals surface area contributed by atoms with Crippen LogP contribution in [0.1, 0.15) is 97.9 Å². The molecule has 2 aromatic heterocycles. The van der Waals surface area contributed by atoms with E-state index >= 15 is 0 Å². The number of thiazole rings is 1. The van der Waals surface area contributed by atoms with Gasteiger partial charge in [0.15, 0.2) is 5.78 Å². The molecule has 1 unspecified atom stereocenters. The molecule has 4 heterocycles. The highest BCUT2D eigenvalue weighted by atomic mass is 35.5. The highest BCUT2D eigenvalue weighted by molar-refractivity contribution is 7.09. The number of morpholine rings is 1. The van der Waals surface area contributed by atoms with E-state index in [9.17, 15) is 24.3 Å². The molecule has 0 spiro atoms. The maximum absolute atomic E-state index is 14.9. The van der Waals surface area contributed by atoms with Gasteiger partial charge in [-0.05, 0) is 66.9 Å². The zero-order chi connectivity index (χ0) is 44.8. The van der Waals surface area contributed by atoms with Crippen molar-refractivity contribution in [2.24, 2.45) is 40.4 Å². The summed E-state index contributed by atoms with van der Waals surface area (Å²) in [5.74, 6) is -0.295. The van der Waals surface area contributed by atoms with Gasteiger partial charge in [-0.1, -0.05) is 59.6 Å². The van der Waals surface area contributed by atoms with Gasteiger partial charge in [0.1, 0.15) is 35.3 Å². The van der Waals surface area contributed by atoms with Crippen LogP contribution in [0, 0.1) is 40.4 Å². The Morgan fingerprint density at radius 3 is 2.43 bits per heavy atom. The lowest BCUT2D eigenvalue weighted by Crippen LogP contribution is -2.48. The number of carbonyl (C=O) groups excluding carboxylic acids is 3. The van der Waals surface area contributed by atoms with Gasteiger partial charge in [0, 0.05) is 55.7 Å². The zero-order valence-corrected chi connectivity index (χ0v) is 39.1. The minimum atomic E-state index is -1.15. The van der Waals surface area contributed by atoms with Gasteiger partial charge in [0.05, 0.1) is 65.5 Å². The number of hydrogen-bond donors (Lipinski definition) is 1. The molecule has 3 saturated carbocycles. The Bertz CT molecular complexity index is 2190. The number of carboxylic acids is 1. The summed E-state index contributed by atoms with van der Waals surface area (Å²) in [4.78, 5) is 69.3. The van der Waals surface area contributed by atoms with Crippen molar-refractivity contribution in [1.82, 2.24) is 19.8 Å². The number of carbonyl (C=O) groups is 4. The highest BCUT2D eigenvalue weighted by Crippen LogP contribution is 2.58. The molecule has 5 aliphatic rings. The van der Waals surface area contributed by atoms with Crippen molar-refractivity contribution in [2.75, 3.05) is 46.0 Å². The number of Topliss-reactive ketones (excluding diaryl/α,β-unsaturated/α-hetero) is 1. The van der Waals surface area contributed by atoms with Crippen LogP contribution in [-0.4, -0.2) is 113 Å². The maximum Gasteiger partial charge on any atom is 0.310 e. The number of nitrogens with zero attached hydrogens (tertiary/aromatic N) is 4. The lowest BCUT2D eigenvalue weighted by atomic mass is 9.77. The first-order chi connectivity index (χ1) is 30.0. The van der Waals surface area contributed by atoms with Gasteiger partial charge >= 0.3 is 11.9 Å². The van der Waals surface area contributed by atoms with Gasteiger partial charge in [0.25, 0.3) is 0 Å². The third kappa shape index (κ3) is 10.2. The maximum atomic E-state index is 14.9. The van der Waals surface area contributed by atoms with Crippen LogP contribution in [0.25, 0.3) is 22.3 Å². The van der Waals surface area contributed by atoms with Crippen LogP contribution in [0.2, 0.25) is 5.02 Å². The lowest BCUT2D eigenvalue weighted by molar-refractivity contribution is -0.157. The SMILES string of the molecule is CC[C@@H]1C[C@]1(CC(=O)[C@@H]1C[C@@H](Oc2cc(-c3csc(CC(C)C)n3)nc3c(Cl)c(OCCN4CCOCC4)ccc23)CN1C(=O)[C@@H](CC(=O)OC1C[C@@H]2C[C@@H]2C1)C(C)(C)C)C(=O)O. The molecular formula is C48H63ClN4O9S. The fourth-order valence-electron chi connectivity index (χ4n) is 10.2. The number of fused-ring (bicyclic) bond motifs is 2. The molecule has 342 valence electrons. The minimum absolute atomic E-state index is 0.0605. The quantitative estimate of drug-likeness (QED) is 0.123. The summed E-state index contributed by atoms with van der Waals surface area (Å²) in [7, 11) is 0. The number of ether oxygens (including phenoxy) is 4. The van der Waals surface area contributed by atoms with Crippen molar-refractivity contribution in [3.8, 4) is 22.9 Å². The summed E-state index contributed by atoms with van der Waals surface area (Å²) in [5.41, 5.74) is -0.0895. The van der Waals surface area contributed by atoms with Crippen molar-refractivity contribution in [3.05, 3.63) is 33.6 Å². The molecule has 63 heavy (non-hydrogen) atoms. The summed E-state index contributed by atoms with van der Waals surface area (Å²) >= 11 is 8.70. The van der Waals surface area contributed by atoms with E-state index in [1.165, 1.54) is 6.42 Å². The number of aliphatic carboxylic acids is 1. The number of rotatable bonds is 18. The molecule has 5 fully saturated rings. The topological polar surface area (TPSA) is 158 Å². The number of likely N-dealkylation sites (tertiary alicyclic amines) is 1. The standard InChI is InChI=1S/C48H63ClN4O9S/c1-7-30-23-48(30,46(57)58)24-38(54)37-20-32(25-53(37)45(56)34(47(4,5)6)21-42(55)62-31-18-28-17-29(28)19-31)61-40-22-35(36-26-63-41(50-36)16-27(2)3)51-44-33(40)8-9-39(43(44)49)60-15-12-52-10-13-59-14-11-52/h8-9,22,26-32,34,37H,7,10-21,23-25H2,1-6H3,(H,57,58)/t28-,29+,30-,31?,32-,34-,37+,48-/m1/s1. The number of amides is 1. The Labute approximate surface area is 379 Å². The molecule has 3 aliphatic carbocycles. The number of halogens is 1. The minimum Gasteiger partial charge on any atom is -0.491 e. The first-order valence-electron chi connectivity index (χ1n) is 23.0. The fraction of sp³-hybridized carbons (Fsp3) is 0.667. The molecule has 2 saturated heterocycles. The summed E-state index contributed by atoms with van der Waals surface area (Å²) in [6.45, 7) is 16.3. The molecule has 3 aromatic rings. The van der Waals surface area contributed by atoms with Crippen LogP contribution in [0.5, 0.6) is 11.5 Å². The number of pyridine rings is 1. The predicted molar refractivity (Wildman–Crippen MR) is 240 cm³/mol. The van der Waals surface area contributed by atoms with Crippen molar-refractivity contribution >= 4 is 57.5 Å². The predicted octanol–water partition coefficient (Wildman–Crippen LogP) is 8.12.